The number of nitrogens with zero attached hydrogens (tertiary/aromatic N) is 1. The molecule has 0 aromatic heterocycles. The third-order valence-corrected chi connectivity index (χ3v) is 7.92. The molecule has 0 radical (unpaired) electrons. The molecule has 0 aliphatic heterocycles. The fourth-order valence-corrected chi connectivity index (χ4v) is 5.60. The number of amides is 2. The van der Waals surface area contributed by atoms with Crippen LogP contribution >= 0.6 is 0 Å². The molecule has 5 nitrogen and oxygen atoms in total. The molecule has 204 valence electrons. The van der Waals surface area contributed by atoms with Crippen LogP contribution < -0.4 is 15.5 Å². The molecule has 0 atom stereocenters. The number of anilines is 3. The van der Waals surface area contributed by atoms with E-state index in [-0.39, 0.29) is 11.8 Å². The highest BCUT2D eigenvalue weighted by molar-refractivity contribution is 6.05. The summed E-state index contributed by atoms with van der Waals surface area (Å²) in [5.41, 5.74) is 6.12. The zero-order valence-electron chi connectivity index (χ0n) is 23.3. The van der Waals surface area contributed by atoms with Crippen molar-refractivity contribution in [2.24, 2.45) is 5.41 Å². The van der Waals surface area contributed by atoms with E-state index in [1.807, 2.05) is 56.6 Å². The van der Waals surface area contributed by atoms with E-state index < -0.39 is 5.41 Å². The summed E-state index contributed by atoms with van der Waals surface area (Å²) in [7, 11) is 4.08. The number of carbonyl (C=O) groups is 2. The second-order valence-electron chi connectivity index (χ2n) is 11.0. The van der Waals surface area contributed by atoms with Gasteiger partial charge in [-0.1, -0.05) is 79.9 Å². The van der Waals surface area contributed by atoms with Gasteiger partial charge in [0.05, 0.1) is 5.41 Å². The summed E-state index contributed by atoms with van der Waals surface area (Å²) in [6, 6.07) is 33.7. The van der Waals surface area contributed by atoms with Crippen molar-refractivity contribution in [1.82, 2.24) is 0 Å². The van der Waals surface area contributed by atoms with Crippen LogP contribution in [-0.2, 0) is 11.2 Å². The van der Waals surface area contributed by atoms with Gasteiger partial charge in [0, 0.05) is 36.7 Å². The highest BCUT2D eigenvalue weighted by Crippen LogP contribution is 2.41. The Bertz CT molecular complexity index is 1440. The van der Waals surface area contributed by atoms with Gasteiger partial charge in [0.1, 0.15) is 0 Å². The van der Waals surface area contributed by atoms with Gasteiger partial charge in [-0.15, -0.1) is 0 Å². The smallest absolute Gasteiger partial charge is 0.255 e. The van der Waals surface area contributed by atoms with Gasteiger partial charge in [0.25, 0.3) is 5.91 Å². The van der Waals surface area contributed by atoms with E-state index in [0.29, 0.717) is 17.7 Å². The Labute approximate surface area is 237 Å². The summed E-state index contributed by atoms with van der Waals surface area (Å²) < 4.78 is 0. The normalized spacial score (nSPS) is 14.2. The van der Waals surface area contributed by atoms with Crippen molar-refractivity contribution in [2.75, 3.05) is 29.6 Å². The summed E-state index contributed by atoms with van der Waals surface area (Å²) in [5, 5.41) is 6.07. The van der Waals surface area contributed by atoms with Gasteiger partial charge in [-0.05, 0) is 78.4 Å². The first-order valence-corrected chi connectivity index (χ1v) is 14.1. The molecule has 0 unspecified atom stereocenters. The lowest BCUT2D eigenvalue weighted by Crippen LogP contribution is -2.40. The number of hydrogen-bond donors (Lipinski definition) is 2. The molecule has 4 aromatic carbocycles. The monoisotopic (exact) mass is 531 g/mol. The summed E-state index contributed by atoms with van der Waals surface area (Å²) >= 11 is 0. The molecule has 40 heavy (non-hydrogen) atoms. The molecule has 1 saturated carbocycles. The summed E-state index contributed by atoms with van der Waals surface area (Å²) in [6.07, 6.45) is 5.67. The van der Waals surface area contributed by atoms with E-state index in [1.54, 1.807) is 12.1 Å². The van der Waals surface area contributed by atoms with Gasteiger partial charge in [-0.3, -0.25) is 9.59 Å². The number of hydrogen-bond acceptors (Lipinski definition) is 3. The maximum atomic E-state index is 13.8. The Morgan fingerprint density at radius 1 is 0.700 bits per heavy atom. The van der Waals surface area contributed by atoms with Crippen LogP contribution in [-0.4, -0.2) is 25.9 Å². The second kappa shape index (κ2) is 12.2. The van der Waals surface area contributed by atoms with E-state index in [1.165, 1.54) is 22.4 Å². The predicted molar refractivity (Wildman–Crippen MR) is 165 cm³/mol. The molecule has 2 N–H and O–H groups in total. The number of para-hydroxylation sites is 1. The molecular formula is C35H37N3O2. The molecule has 1 aliphatic rings. The van der Waals surface area contributed by atoms with Crippen molar-refractivity contribution in [3.8, 4) is 11.1 Å². The number of carbonyl (C=O) groups excluding carboxylic acids is 2. The Hall–Kier alpha value is -4.38. The van der Waals surface area contributed by atoms with Crippen LogP contribution in [0.4, 0.5) is 17.1 Å². The number of nitrogens with one attached hydrogen (secondary N) is 2. The van der Waals surface area contributed by atoms with Crippen molar-refractivity contribution >= 4 is 28.9 Å². The van der Waals surface area contributed by atoms with Crippen molar-refractivity contribution in [3.05, 3.63) is 114 Å². The van der Waals surface area contributed by atoms with Crippen LogP contribution in [0.5, 0.6) is 0 Å². The molecular weight excluding hydrogens is 494 g/mol. The lowest BCUT2D eigenvalue weighted by atomic mass is 9.69. The van der Waals surface area contributed by atoms with Crippen molar-refractivity contribution in [2.45, 2.75) is 38.5 Å². The Morgan fingerprint density at radius 3 is 1.98 bits per heavy atom. The fourth-order valence-electron chi connectivity index (χ4n) is 5.60. The van der Waals surface area contributed by atoms with Crippen LogP contribution in [0.15, 0.2) is 103 Å². The Balaban J connectivity index is 1.29. The third kappa shape index (κ3) is 6.42. The predicted octanol–water partition coefficient (Wildman–Crippen LogP) is 7.80. The first-order chi connectivity index (χ1) is 19.4. The van der Waals surface area contributed by atoms with Crippen molar-refractivity contribution < 1.29 is 9.59 Å². The van der Waals surface area contributed by atoms with Gasteiger partial charge in [-0.25, -0.2) is 0 Å². The van der Waals surface area contributed by atoms with E-state index in [4.69, 9.17) is 0 Å². The fraction of sp³-hybridized carbons (Fsp3) is 0.257. The standard InChI is InChI=1S/C35H37N3O2/c1-38(2)32-20-18-28(19-21-32)27-16-14-26(15-17-27)25-35(22-7-4-8-23-35)34(40)37-31-13-9-10-29(24-31)33(39)36-30-11-5-3-6-12-30/h3,5-6,9-21,24H,4,7-8,22-23,25H2,1-2H3,(H,36,39)(H,37,40). The highest BCUT2D eigenvalue weighted by Gasteiger charge is 2.39. The molecule has 1 aliphatic carbocycles. The Kier molecular flexibility index (Phi) is 8.30. The highest BCUT2D eigenvalue weighted by atomic mass is 16.2. The zero-order chi connectivity index (χ0) is 28.0. The molecule has 0 saturated heterocycles. The number of rotatable bonds is 8. The largest absolute Gasteiger partial charge is 0.378 e. The van der Waals surface area contributed by atoms with E-state index in [2.05, 4.69) is 64.1 Å². The van der Waals surface area contributed by atoms with E-state index in [0.717, 1.165) is 37.8 Å². The molecule has 0 bridgehead atoms. The second-order valence-corrected chi connectivity index (χ2v) is 11.0. The lowest BCUT2D eigenvalue weighted by Gasteiger charge is -2.36. The minimum absolute atomic E-state index is 0.0381. The summed E-state index contributed by atoms with van der Waals surface area (Å²) in [4.78, 5) is 28.7. The molecule has 5 heteroatoms. The number of benzene rings is 4. The molecule has 0 heterocycles. The maximum Gasteiger partial charge on any atom is 0.255 e. The van der Waals surface area contributed by atoms with Gasteiger partial charge < -0.3 is 15.5 Å². The van der Waals surface area contributed by atoms with E-state index in [9.17, 15) is 9.59 Å². The lowest BCUT2D eigenvalue weighted by molar-refractivity contribution is -0.127. The first kappa shape index (κ1) is 27.2. The molecule has 5 rings (SSSR count). The first-order valence-electron chi connectivity index (χ1n) is 14.1. The van der Waals surface area contributed by atoms with Crippen molar-refractivity contribution in [3.63, 3.8) is 0 Å². The van der Waals surface area contributed by atoms with Gasteiger partial charge >= 0.3 is 0 Å². The SMILES string of the molecule is CN(C)c1ccc(-c2ccc(CC3(C(=O)Nc4cccc(C(=O)Nc5ccccc5)c4)CCCCC3)cc2)cc1. The van der Waals surface area contributed by atoms with Crippen LogP contribution in [0.2, 0.25) is 0 Å². The third-order valence-electron chi connectivity index (χ3n) is 7.92. The minimum atomic E-state index is -0.463. The van der Waals surface area contributed by atoms with Crippen molar-refractivity contribution in [1.29, 1.82) is 0 Å². The molecule has 0 spiro atoms. The average Bonchev–Trinajstić information content (AvgIpc) is 2.99. The average molecular weight is 532 g/mol. The minimum Gasteiger partial charge on any atom is -0.378 e. The molecule has 4 aromatic rings. The van der Waals surface area contributed by atoms with E-state index >= 15 is 0 Å². The Morgan fingerprint density at radius 2 is 1.32 bits per heavy atom. The molecule has 2 amide bonds. The topological polar surface area (TPSA) is 61.4 Å². The quantitative estimate of drug-likeness (QED) is 0.244. The zero-order valence-corrected chi connectivity index (χ0v) is 23.3. The van der Waals surface area contributed by atoms with Crippen LogP contribution in [0.25, 0.3) is 11.1 Å². The summed E-state index contributed by atoms with van der Waals surface area (Å²) in [6.45, 7) is 0. The van der Waals surface area contributed by atoms with Gasteiger partial charge in [0.15, 0.2) is 0 Å². The van der Waals surface area contributed by atoms with Crippen LogP contribution in [0, 0.1) is 5.41 Å². The maximum absolute atomic E-state index is 13.8. The van der Waals surface area contributed by atoms with Gasteiger partial charge in [0.2, 0.25) is 5.91 Å². The van der Waals surface area contributed by atoms with Crippen LogP contribution in [0.3, 0.4) is 0 Å². The summed E-state index contributed by atoms with van der Waals surface area (Å²) in [5.74, 6) is -0.165. The molecule has 1 fully saturated rings. The van der Waals surface area contributed by atoms with Crippen LogP contribution in [0.1, 0.15) is 48.0 Å². The van der Waals surface area contributed by atoms with Gasteiger partial charge in [-0.2, -0.15) is 0 Å².